The summed E-state index contributed by atoms with van der Waals surface area (Å²) in [5.74, 6) is -0.707. The summed E-state index contributed by atoms with van der Waals surface area (Å²) in [5, 5.41) is 0. The van der Waals surface area contributed by atoms with Gasteiger partial charge in [-0.05, 0) is 13.0 Å². The number of rotatable bonds is 2. The van der Waals surface area contributed by atoms with Gasteiger partial charge in [0.25, 0.3) is 0 Å². The van der Waals surface area contributed by atoms with E-state index >= 15 is 0 Å². The fourth-order valence-corrected chi connectivity index (χ4v) is 0.703. The normalized spacial score (nSPS) is 12.5. The maximum Gasteiger partial charge on any atom is 0.226 e. The zero-order chi connectivity index (χ0) is 8.27. The average molecular weight is 151 g/mol. The summed E-state index contributed by atoms with van der Waals surface area (Å²) in [4.78, 5) is 18.3. The van der Waals surface area contributed by atoms with E-state index in [-0.39, 0.29) is 11.8 Å². The molecule has 2 N–H and O–H groups in total. The Labute approximate surface area is 64.5 Å². The lowest BCUT2D eigenvalue weighted by atomic mass is 10.1. The van der Waals surface area contributed by atoms with Gasteiger partial charge < -0.3 is 5.73 Å². The number of amides is 1. The van der Waals surface area contributed by atoms with Gasteiger partial charge in [0.15, 0.2) is 0 Å². The zero-order valence-corrected chi connectivity index (χ0v) is 6.19. The number of hydrogen-bond acceptors (Lipinski definition) is 3. The molecule has 1 unspecified atom stereocenters. The lowest BCUT2D eigenvalue weighted by Gasteiger charge is -2.03. The van der Waals surface area contributed by atoms with Gasteiger partial charge in [0, 0.05) is 6.20 Å². The Morgan fingerprint density at radius 2 is 2.45 bits per heavy atom. The summed E-state index contributed by atoms with van der Waals surface area (Å²) in [6.07, 6.45) is 2.98. The highest BCUT2D eigenvalue weighted by atomic mass is 16.1. The van der Waals surface area contributed by atoms with Crippen LogP contribution in [0.15, 0.2) is 18.6 Å². The van der Waals surface area contributed by atoms with E-state index in [9.17, 15) is 4.79 Å². The molecule has 0 spiro atoms. The van der Waals surface area contributed by atoms with Crippen LogP contribution in [0.25, 0.3) is 0 Å². The van der Waals surface area contributed by atoms with Crippen molar-refractivity contribution >= 4 is 5.91 Å². The third-order valence-electron chi connectivity index (χ3n) is 1.48. The minimum Gasteiger partial charge on any atom is -0.369 e. The van der Waals surface area contributed by atoms with Gasteiger partial charge in [-0.3, -0.25) is 4.79 Å². The van der Waals surface area contributed by atoms with E-state index < -0.39 is 0 Å². The fourth-order valence-electron chi connectivity index (χ4n) is 0.703. The first-order valence-corrected chi connectivity index (χ1v) is 3.27. The molecule has 11 heavy (non-hydrogen) atoms. The molecule has 4 heteroatoms. The number of aromatic nitrogens is 2. The van der Waals surface area contributed by atoms with Gasteiger partial charge in [-0.15, -0.1) is 0 Å². The van der Waals surface area contributed by atoms with Gasteiger partial charge >= 0.3 is 0 Å². The molecule has 0 radical (unpaired) electrons. The Kier molecular flexibility index (Phi) is 2.15. The second-order valence-electron chi connectivity index (χ2n) is 2.26. The molecule has 0 bridgehead atoms. The smallest absolute Gasteiger partial charge is 0.226 e. The Hall–Kier alpha value is -1.45. The number of nitrogens with zero attached hydrogens (tertiary/aromatic N) is 2. The summed E-state index contributed by atoms with van der Waals surface area (Å²) in [6, 6.07) is 1.68. The van der Waals surface area contributed by atoms with Gasteiger partial charge in [-0.25, -0.2) is 9.97 Å². The predicted octanol–water partition coefficient (Wildman–Crippen LogP) is 0.0654. The molecule has 58 valence electrons. The first-order chi connectivity index (χ1) is 5.22. The SMILES string of the molecule is CC(C(N)=O)c1ccncn1. The summed E-state index contributed by atoms with van der Waals surface area (Å²) in [7, 11) is 0. The summed E-state index contributed by atoms with van der Waals surface area (Å²) >= 11 is 0. The first-order valence-electron chi connectivity index (χ1n) is 3.27. The quantitative estimate of drug-likeness (QED) is 0.650. The maximum absolute atomic E-state index is 10.7. The van der Waals surface area contributed by atoms with Crippen LogP contribution >= 0.6 is 0 Å². The molecule has 1 heterocycles. The third-order valence-corrected chi connectivity index (χ3v) is 1.48. The van der Waals surface area contributed by atoms with E-state index in [2.05, 4.69) is 9.97 Å². The van der Waals surface area contributed by atoms with Crippen LogP contribution in [0.4, 0.5) is 0 Å². The molecule has 0 saturated heterocycles. The van der Waals surface area contributed by atoms with E-state index in [1.54, 1.807) is 19.2 Å². The molecule has 0 aliphatic rings. The lowest BCUT2D eigenvalue weighted by molar-refractivity contribution is -0.119. The van der Waals surface area contributed by atoms with Gasteiger partial charge in [0.05, 0.1) is 11.6 Å². The van der Waals surface area contributed by atoms with Crippen LogP contribution in [-0.4, -0.2) is 15.9 Å². The molecule has 4 nitrogen and oxygen atoms in total. The van der Waals surface area contributed by atoms with Crippen molar-refractivity contribution in [1.29, 1.82) is 0 Å². The lowest BCUT2D eigenvalue weighted by Crippen LogP contribution is -2.19. The van der Waals surface area contributed by atoms with E-state index in [0.29, 0.717) is 5.69 Å². The molecular formula is C7H9N3O. The monoisotopic (exact) mass is 151 g/mol. The second-order valence-corrected chi connectivity index (χ2v) is 2.26. The van der Waals surface area contributed by atoms with Crippen molar-refractivity contribution < 1.29 is 4.79 Å². The molecule has 1 atom stereocenters. The van der Waals surface area contributed by atoms with Crippen LogP contribution in [-0.2, 0) is 4.79 Å². The van der Waals surface area contributed by atoms with Crippen molar-refractivity contribution in [3.05, 3.63) is 24.3 Å². The molecule has 1 aromatic heterocycles. The van der Waals surface area contributed by atoms with Crippen molar-refractivity contribution in [2.24, 2.45) is 5.73 Å². The number of carbonyl (C=O) groups excluding carboxylic acids is 1. The molecule has 0 aliphatic carbocycles. The zero-order valence-electron chi connectivity index (χ0n) is 6.19. The molecule has 1 aromatic rings. The van der Waals surface area contributed by atoms with Gasteiger partial charge in [0.1, 0.15) is 6.33 Å². The number of carbonyl (C=O) groups is 1. The maximum atomic E-state index is 10.7. The van der Waals surface area contributed by atoms with Gasteiger partial charge in [-0.2, -0.15) is 0 Å². The topological polar surface area (TPSA) is 68.9 Å². The highest BCUT2D eigenvalue weighted by Crippen LogP contribution is 2.08. The molecule has 0 saturated carbocycles. The van der Waals surface area contributed by atoms with Crippen LogP contribution in [0.2, 0.25) is 0 Å². The molecule has 0 aromatic carbocycles. The number of hydrogen-bond donors (Lipinski definition) is 1. The standard InChI is InChI=1S/C7H9N3O/c1-5(7(8)11)6-2-3-9-4-10-6/h2-5H,1H3,(H2,8,11). The highest BCUT2D eigenvalue weighted by molar-refractivity contribution is 5.80. The fraction of sp³-hybridized carbons (Fsp3) is 0.286. The molecule has 1 rings (SSSR count). The Morgan fingerprint density at radius 1 is 1.73 bits per heavy atom. The van der Waals surface area contributed by atoms with Crippen molar-refractivity contribution in [2.45, 2.75) is 12.8 Å². The molecule has 1 amide bonds. The second kappa shape index (κ2) is 3.09. The van der Waals surface area contributed by atoms with Crippen molar-refractivity contribution in [1.82, 2.24) is 9.97 Å². The van der Waals surface area contributed by atoms with E-state index in [1.165, 1.54) is 6.33 Å². The van der Waals surface area contributed by atoms with Crippen molar-refractivity contribution in [2.75, 3.05) is 0 Å². The largest absolute Gasteiger partial charge is 0.369 e. The van der Waals surface area contributed by atoms with E-state index in [1.807, 2.05) is 0 Å². The Balaban J connectivity index is 2.85. The third kappa shape index (κ3) is 1.73. The average Bonchev–Trinajstić information content (AvgIpc) is 2.05. The molecule has 0 aliphatic heterocycles. The van der Waals surface area contributed by atoms with Crippen LogP contribution in [0.5, 0.6) is 0 Å². The van der Waals surface area contributed by atoms with E-state index in [4.69, 9.17) is 5.73 Å². The van der Waals surface area contributed by atoms with Crippen molar-refractivity contribution in [3.8, 4) is 0 Å². The number of nitrogens with two attached hydrogens (primary N) is 1. The molecular weight excluding hydrogens is 142 g/mol. The molecule has 0 fully saturated rings. The van der Waals surface area contributed by atoms with Crippen LogP contribution in [0, 0.1) is 0 Å². The van der Waals surface area contributed by atoms with Crippen molar-refractivity contribution in [3.63, 3.8) is 0 Å². The van der Waals surface area contributed by atoms with E-state index in [0.717, 1.165) is 0 Å². The Bertz CT molecular complexity index is 247. The minimum atomic E-state index is -0.372. The summed E-state index contributed by atoms with van der Waals surface area (Å²) < 4.78 is 0. The van der Waals surface area contributed by atoms with Crippen LogP contribution in [0.1, 0.15) is 18.5 Å². The summed E-state index contributed by atoms with van der Waals surface area (Å²) in [5.41, 5.74) is 5.73. The summed E-state index contributed by atoms with van der Waals surface area (Å²) in [6.45, 7) is 1.71. The first kappa shape index (κ1) is 7.65. The number of primary amides is 1. The van der Waals surface area contributed by atoms with Gasteiger partial charge in [-0.1, -0.05) is 0 Å². The Morgan fingerprint density at radius 3 is 2.91 bits per heavy atom. The van der Waals surface area contributed by atoms with Gasteiger partial charge in [0.2, 0.25) is 5.91 Å². The minimum absolute atomic E-state index is 0.335. The van der Waals surface area contributed by atoms with Crippen LogP contribution < -0.4 is 5.73 Å². The van der Waals surface area contributed by atoms with Crippen LogP contribution in [0.3, 0.4) is 0 Å². The highest BCUT2D eigenvalue weighted by Gasteiger charge is 2.11. The predicted molar refractivity (Wildman–Crippen MR) is 39.6 cm³/mol.